The number of benzene rings is 1. The first-order valence-electron chi connectivity index (χ1n) is 10.2. The molecule has 168 valence electrons. The lowest BCUT2D eigenvalue weighted by Crippen LogP contribution is -2.25. The van der Waals surface area contributed by atoms with Gasteiger partial charge in [-0.25, -0.2) is 19.6 Å². The lowest BCUT2D eigenvalue weighted by atomic mass is 10.1. The predicted molar refractivity (Wildman–Crippen MR) is 130 cm³/mol. The van der Waals surface area contributed by atoms with Crippen LogP contribution in [-0.4, -0.2) is 63.2 Å². The van der Waals surface area contributed by atoms with Crippen LogP contribution in [0.3, 0.4) is 0 Å². The highest BCUT2D eigenvalue weighted by molar-refractivity contribution is 6.30. The third kappa shape index (κ3) is 4.69. The first kappa shape index (κ1) is 22.4. The molecule has 0 aliphatic heterocycles. The van der Waals surface area contributed by atoms with Gasteiger partial charge in [0.25, 0.3) is 5.91 Å². The largest absolute Gasteiger partial charge is 0.383 e. The summed E-state index contributed by atoms with van der Waals surface area (Å²) in [6.07, 6.45) is 6.38. The first-order valence-corrected chi connectivity index (χ1v) is 10.5. The lowest BCUT2D eigenvalue weighted by molar-refractivity contribution is -0.113. The molecule has 1 aromatic carbocycles. The second-order valence-corrected chi connectivity index (χ2v) is 8.10. The second-order valence-electron chi connectivity index (χ2n) is 7.66. The number of anilines is 2. The minimum absolute atomic E-state index is 0.160. The van der Waals surface area contributed by atoms with Gasteiger partial charge in [0.05, 0.1) is 17.3 Å². The van der Waals surface area contributed by atoms with Crippen molar-refractivity contribution in [3.05, 3.63) is 66.1 Å². The number of hydrogen-bond donors (Lipinski definition) is 1. The molecule has 0 saturated heterocycles. The van der Waals surface area contributed by atoms with Crippen molar-refractivity contribution in [2.75, 3.05) is 38.3 Å². The molecule has 0 saturated carbocycles. The summed E-state index contributed by atoms with van der Waals surface area (Å²) in [5.41, 5.74) is 8.88. The van der Waals surface area contributed by atoms with Gasteiger partial charge in [0.2, 0.25) is 0 Å². The SMILES string of the molecule is CN(C)CC=CC(=O)N(C)c1ccc(-n2nc(-c3ccc(Cl)cc3)c3c(N)ncnc32)cn1. The van der Waals surface area contributed by atoms with Gasteiger partial charge in [-0.1, -0.05) is 29.8 Å². The van der Waals surface area contributed by atoms with Gasteiger partial charge in [-0.05, 0) is 38.4 Å². The molecule has 0 atom stereocenters. The Balaban J connectivity index is 1.69. The number of nitrogens with zero attached hydrogens (tertiary/aromatic N) is 7. The fourth-order valence-corrected chi connectivity index (χ4v) is 3.38. The molecule has 0 aliphatic carbocycles. The maximum atomic E-state index is 12.4. The number of rotatable bonds is 6. The summed E-state index contributed by atoms with van der Waals surface area (Å²) in [4.78, 5) is 28.8. The number of carbonyl (C=O) groups excluding carboxylic acids is 1. The molecule has 0 spiro atoms. The zero-order valence-corrected chi connectivity index (χ0v) is 19.2. The highest BCUT2D eigenvalue weighted by Gasteiger charge is 2.18. The Morgan fingerprint density at radius 3 is 2.52 bits per heavy atom. The Bertz CT molecular complexity index is 1310. The molecular formula is C23H23ClN8O. The molecule has 4 aromatic rings. The maximum Gasteiger partial charge on any atom is 0.251 e. The number of amides is 1. The van der Waals surface area contributed by atoms with Crippen LogP contribution in [-0.2, 0) is 4.79 Å². The van der Waals surface area contributed by atoms with Crippen LogP contribution >= 0.6 is 11.6 Å². The smallest absolute Gasteiger partial charge is 0.251 e. The zero-order valence-electron chi connectivity index (χ0n) is 18.5. The first-order chi connectivity index (χ1) is 15.8. The van der Waals surface area contributed by atoms with Crippen LogP contribution < -0.4 is 10.6 Å². The van der Waals surface area contributed by atoms with Crippen LogP contribution in [0, 0.1) is 0 Å². The van der Waals surface area contributed by atoms with Gasteiger partial charge >= 0.3 is 0 Å². The fraction of sp³-hybridized carbons (Fsp3) is 0.174. The molecule has 9 nitrogen and oxygen atoms in total. The van der Waals surface area contributed by atoms with E-state index in [1.807, 2.05) is 43.3 Å². The average Bonchev–Trinajstić information content (AvgIpc) is 3.20. The van der Waals surface area contributed by atoms with E-state index in [0.29, 0.717) is 45.6 Å². The van der Waals surface area contributed by atoms with Crippen LogP contribution in [0.15, 0.2) is 61.1 Å². The molecule has 1 amide bonds. The second kappa shape index (κ2) is 9.35. The molecule has 0 aliphatic rings. The van der Waals surface area contributed by atoms with E-state index in [1.54, 1.807) is 36.1 Å². The van der Waals surface area contributed by atoms with Crippen LogP contribution in [0.5, 0.6) is 0 Å². The maximum absolute atomic E-state index is 12.4. The van der Waals surface area contributed by atoms with Gasteiger partial charge in [-0.15, -0.1) is 0 Å². The van der Waals surface area contributed by atoms with E-state index in [1.165, 1.54) is 17.3 Å². The third-order valence-corrected chi connectivity index (χ3v) is 5.25. The molecule has 0 radical (unpaired) electrons. The minimum Gasteiger partial charge on any atom is -0.383 e. The molecule has 0 bridgehead atoms. The third-order valence-electron chi connectivity index (χ3n) is 4.99. The van der Waals surface area contributed by atoms with Gasteiger partial charge in [-0.2, -0.15) is 5.10 Å². The van der Waals surface area contributed by atoms with Crippen molar-refractivity contribution < 1.29 is 4.79 Å². The van der Waals surface area contributed by atoms with Gasteiger partial charge in [0.1, 0.15) is 23.7 Å². The van der Waals surface area contributed by atoms with Crippen molar-refractivity contribution in [1.29, 1.82) is 0 Å². The van der Waals surface area contributed by atoms with Crippen molar-refractivity contribution in [3.8, 4) is 16.9 Å². The summed E-state index contributed by atoms with van der Waals surface area (Å²) in [5.74, 6) is 0.685. The number of nitrogens with two attached hydrogens (primary N) is 1. The highest BCUT2D eigenvalue weighted by Crippen LogP contribution is 2.32. The number of likely N-dealkylation sites (N-methyl/N-ethyl adjacent to an activating group) is 2. The van der Waals surface area contributed by atoms with E-state index in [0.717, 1.165) is 5.56 Å². The van der Waals surface area contributed by atoms with Crippen LogP contribution in [0.1, 0.15) is 0 Å². The van der Waals surface area contributed by atoms with Gasteiger partial charge in [-0.3, -0.25) is 9.69 Å². The topological polar surface area (TPSA) is 106 Å². The van der Waals surface area contributed by atoms with E-state index in [4.69, 9.17) is 22.4 Å². The van der Waals surface area contributed by atoms with Crippen molar-refractivity contribution in [3.63, 3.8) is 0 Å². The molecule has 3 aromatic heterocycles. The number of fused-ring (bicyclic) bond motifs is 1. The monoisotopic (exact) mass is 462 g/mol. The van der Waals surface area contributed by atoms with Gasteiger partial charge < -0.3 is 10.6 Å². The van der Waals surface area contributed by atoms with E-state index in [9.17, 15) is 4.79 Å². The molecule has 0 fully saturated rings. The van der Waals surface area contributed by atoms with Crippen molar-refractivity contribution in [2.45, 2.75) is 0 Å². The van der Waals surface area contributed by atoms with Crippen LogP contribution in [0.4, 0.5) is 11.6 Å². The summed E-state index contributed by atoms with van der Waals surface area (Å²) < 4.78 is 1.66. The summed E-state index contributed by atoms with van der Waals surface area (Å²) in [5, 5.41) is 6.01. The van der Waals surface area contributed by atoms with E-state index in [-0.39, 0.29) is 5.91 Å². The molecule has 10 heteroatoms. The zero-order chi connectivity index (χ0) is 23.5. The normalized spacial score (nSPS) is 11.5. The van der Waals surface area contributed by atoms with Crippen molar-refractivity contribution in [1.82, 2.24) is 29.6 Å². The molecule has 0 unspecified atom stereocenters. The Hall–Kier alpha value is -3.82. The lowest BCUT2D eigenvalue weighted by Gasteiger charge is -2.14. The van der Waals surface area contributed by atoms with Crippen molar-refractivity contribution in [2.24, 2.45) is 0 Å². The number of pyridine rings is 1. The van der Waals surface area contributed by atoms with E-state index in [2.05, 4.69) is 15.0 Å². The van der Waals surface area contributed by atoms with E-state index < -0.39 is 0 Å². The minimum atomic E-state index is -0.160. The summed E-state index contributed by atoms with van der Waals surface area (Å²) in [6.45, 7) is 0.680. The fourth-order valence-electron chi connectivity index (χ4n) is 3.26. The van der Waals surface area contributed by atoms with Crippen molar-refractivity contribution >= 4 is 40.2 Å². The Morgan fingerprint density at radius 1 is 1.09 bits per heavy atom. The highest BCUT2D eigenvalue weighted by atomic mass is 35.5. The van der Waals surface area contributed by atoms with Crippen LogP contribution in [0.25, 0.3) is 28.0 Å². The number of aromatic nitrogens is 5. The Labute approximate surface area is 196 Å². The van der Waals surface area contributed by atoms with E-state index >= 15 is 0 Å². The number of halogens is 1. The summed E-state index contributed by atoms with van der Waals surface area (Å²) in [6, 6.07) is 10.9. The predicted octanol–water partition coefficient (Wildman–Crippen LogP) is 3.19. The number of nitrogen functional groups attached to an aromatic ring is 1. The molecule has 4 rings (SSSR count). The molecule has 33 heavy (non-hydrogen) atoms. The Kier molecular flexibility index (Phi) is 6.34. The standard InChI is InChI=1S/C23H23ClN8O/c1-30(2)12-4-5-19(33)31(3)18-11-10-17(13-26-18)32-23-20(22(25)27-14-28-23)21(29-32)15-6-8-16(24)9-7-15/h4-11,13-14H,12H2,1-3H3,(H2,25,27,28). The number of carbonyl (C=O) groups is 1. The molecule has 2 N–H and O–H groups in total. The summed E-state index contributed by atoms with van der Waals surface area (Å²) in [7, 11) is 5.56. The summed E-state index contributed by atoms with van der Waals surface area (Å²) >= 11 is 6.04. The van der Waals surface area contributed by atoms with Gasteiger partial charge in [0.15, 0.2) is 5.65 Å². The van der Waals surface area contributed by atoms with Crippen LogP contribution in [0.2, 0.25) is 5.02 Å². The quantitative estimate of drug-likeness (QED) is 0.438. The van der Waals surface area contributed by atoms with Gasteiger partial charge in [0, 0.05) is 30.3 Å². The molecular weight excluding hydrogens is 440 g/mol. The Morgan fingerprint density at radius 2 is 1.85 bits per heavy atom. The molecule has 3 heterocycles. The average molecular weight is 463 g/mol. The number of hydrogen-bond acceptors (Lipinski definition) is 7.